The third kappa shape index (κ3) is 2.90. The van der Waals surface area contributed by atoms with Crippen molar-refractivity contribution in [3.05, 3.63) is 0 Å². The molecule has 1 heterocycles. The Morgan fingerprint density at radius 3 is 2.50 bits per heavy atom. The molecule has 16 heavy (non-hydrogen) atoms. The summed E-state index contributed by atoms with van der Waals surface area (Å²) in [5, 5.41) is 8.08. The lowest BCUT2D eigenvalue weighted by Gasteiger charge is -2.26. The van der Waals surface area contributed by atoms with E-state index in [1.54, 1.807) is 6.92 Å². The van der Waals surface area contributed by atoms with E-state index in [2.05, 4.69) is 4.99 Å². The average Bonchev–Trinajstić information content (AvgIpc) is 2.26. The number of aliphatic imine (C=N–C) groups is 1. The Kier molecular flexibility index (Phi) is 3.88. The second-order valence-corrected chi connectivity index (χ2v) is 5.15. The minimum atomic E-state index is -4.33. The predicted molar refractivity (Wildman–Crippen MR) is 55.7 cm³/mol. The van der Waals surface area contributed by atoms with Gasteiger partial charge in [-0.05, 0) is 5.92 Å². The number of rotatable bonds is 1. The topological polar surface area (TPSA) is 49.7 Å². The molecule has 0 radical (unpaired) electrons. The van der Waals surface area contributed by atoms with Gasteiger partial charge in [0.1, 0.15) is 0 Å². The molecule has 0 bridgehead atoms. The zero-order chi connectivity index (χ0) is 12.5. The zero-order valence-corrected chi connectivity index (χ0v) is 9.60. The van der Waals surface area contributed by atoms with E-state index in [0.717, 1.165) is 11.8 Å². The molecule has 0 spiro atoms. The van der Waals surface area contributed by atoms with Crippen molar-refractivity contribution < 1.29 is 23.1 Å². The van der Waals surface area contributed by atoms with Crippen molar-refractivity contribution >= 4 is 22.8 Å². The van der Waals surface area contributed by atoms with Gasteiger partial charge in [-0.3, -0.25) is 4.99 Å². The molecule has 1 N–H and O–H groups in total. The third-order valence-corrected chi connectivity index (χ3v) is 4.04. The smallest absolute Gasteiger partial charge is 0.393 e. The van der Waals surface area contributed by atoms with E-state index in [-0.39, 0.29) is 5.04 Å². The van der Waals surface area contributed by atoms with Crippen molar-refractivity contribution in [2.45, 2.75) is 25.3 Å². The number of carbonyl (C=O) groups is 1. The van der Waals surface area contributed by atoms with Crippen LogP contribution in [-0.2, 0) is 4.79 Å². The van der Waals surface area contributed by atoms with E-state index in [0.29, 0.717) is 0 Å². The van der Waals surface area contributed by atoms with E-state index in [1.807, 2.05) is 0 Å². The number of alkyl halides is 3. The molecule has 0 fully saturated rings. The third-order valence-electron chi connectivity index (χ3n) is 2.71. The highest BCUT2D eigenvalue weighted by Gasteiger charge is 2.46. The SMILES string of the molecule is CC1SC(C(=O)O)=NCC(C(F)(F)F)[C@@H]1C. The van der Waals surface area contributed by atoms with E-state index < -0.39 is 35.8 Å². The van der Waals surface area contributed by atoms with Crippen LogP contribution in [0.5, 0.6) is 0 Å². The molecule has 1 aliphatic rings. The number of aliphatic carboxylic acids is 1. The zero-order valence-electron chi connectivity index (χ0n) is 8.78. The van der Waals surface area contributed by atoms with Gasteiger partial charge in [-0.2, -0.15) is 13.2 Å². The summed E-state index contributed by atoms with van der Waals surface area (Å²) in [5.74, 6) is -3.47. The van der Waals surface area contributed by atoms with Crippen molar-refractivity contribution in [2.24, 2.45) is 16.8 Å². The lowest BCUT2D eigenvalue weighted by atomic mass is 9.91. The molecule has 7 heteroatoms. The van der Waals surface area contributed by atoms with E-state index in [4.69, 9.17) is 5.11 Å². The largest absolute Gasteiger partial charge is 0.476 e. The number of nitrogens with zero attached hydrogens (tertiary/aromatic N) is 1. The second-order valence-electron chi connectivity index (χ2n) is 3.78. The minimum Gasteiger partial charge on any atom is -0.476 e. The van der Waals surface area contributed by atoms with Gasteiger partial charge in [0.15, 0.2) is 5.04 Å². The molecule has 3 nitrogen and oxygen atoms in total. The molecule has 0 aromatic heterocycles. The van der Waals surface area contributed by atoms with Gasteiger partial charge < -0.3 is 5.11 Å². The maximum Gasteiger partial charge on any atom is 0.393 e. The molecule has 3 atom stereocenters. The van der Waals surface area contributed by atoms with Crippen LogP contribution in [0.4, 0.5) is 13.2 Å². The van der Waals surface area contributed by atoms with Crippen molar-refractivity contribution in [2.75, 3.05) is 6.54 Å². The fraction of sp³-hybridized carbons (Fsp3) is 0.778. The number of hydrogen-bond donors (Lipinski definition) is 1. The van der Waals surface area contributed by atoms with Crippen LogP contribution in [0, 0.1) is 11.8 Å². The fourth-order valence-electron chi connectivity index (χ4n) is 1.51. The number of halogens is 3. The van der Waals surface area contributed by atoms with Crippen molar-refractivity contribution in [3.8, 4) is 0 Å². The van der Waals surface area contributed by atoms with Gasteiger partial charge in [-0.15, -0.1) is 0 Å². The maximum absolute atomic E-state index is 12.6. The quantitative estimate of drug-likeness (QED) is 0.782. The van der Waals surface area contributed by atoms with Crippen LogP contribution >= 0.6 is 11.8 Å². The van der Waals surface area contributed by atoms with Crippen LogP contribution in [0.2, 0.25) is 0 Å². The van der Waals surface area contributed by atoms with Crippen LogP contribution in [-0.4, -0.2) is 34.1 Å². The molecule has 0 saturated carbocycles. The summed E-state index contributed by atoms with van der Waals surface area (Å²) in [6, 6.07) is 0. The lowest BCUT2D eigenvalue weighted by molar-refractivity contribution is -0.183. The Morgan fingerprint density at radius 1 is 1.50 bits per heavy atom. The summed E-state index contributed by atoms with van der Waals surface area (Å²) in [7, 11) is 0. The molecule has 2 unspecified atom stereocenters. The van der Waals surface area contributed by atoms with Crippen LogP contribution < -0.4 is 0 Å². The Morgan fingerprint density at radius 2 is 2.06 bits per heavy atom. The molecule has 0 aromatic rings. The van der Waals surface area contributed by atoms with Gasteiger partial charge in [0.05, 0.1) is 12.5 Å². The predicted octanol–water partition coefficient (Wildman–Crippen LogP) is 2.42. The molecule has 1 rings (SSSR count). The first-order valence-corrected chi connectivity index (χ1v) is 5.62. The molecule has 1 aliphatic heterocycles. The monoisotopic (exact) mass is 255 g/mol. The van der Waals surface area contributed by atoms with Crippen LogP contribution in [0.25, 0.3) is 0 Å². The van der Waals surface area contributed by atoms with Crippen molar-refractivity contribution in [3.63, 3.8) is 0 Å². The highest BCUT2D eigenvalue weighted by Crippen LogP contribution is 2.39. The summed E-state index contributed by atoms with van der Waals surface area (Å²) < 4.78 is 37.9. The standard InChI is InChI=1S/C9H12F3NO2S/c1-4-5(2)16-7(8(14)15)13-3-6(4)9(10,11)12/h4-6H,3H2,1-2H3,(H,14,15)/t4-,5?,6?/m1/s1. The first-order valence-electron chi connectivity index (χ1n) is 4.74. The summed E-state index contributed by atoms with van der Waals surface area (Å²) in [6.45, 7) is 2.58. The number of thioether (sulfide) groups is 1. The molecule has 0 aliphatic carbocycles. The molecular formula is C9H12F3NO2S. The van der Waals surface area contributed by atoms with Gasteiger partial charge in [0.25, 0.3) is 0 Å². The highest BCUT2D eigenvalue weighted by molar-refractivity contribution is 8.16. The Balaban J connectivity index is 2.95. The molecule has 92 valence electrons. The number of carboxylic acid groups (broad SMARTS) is 1. The fourth-order valence-corrected chi connectivity index (χ4v) is 2.52. The van der Waals surface area contributed by atoms with Gasteiger partial charge in [0.2, 0.25) is 0 Å². The first kappa shape index (κ1) is 13.3. The first-order chi connectivity index (χ1) is 7.23. The van der Waals surface area contributed by atoms with Gasteiger partial charge in [-0.25, -0.2) is 4.79 Å². The van der Waals surface area contributed by atoms with Gasteiger partial charge in [-0.1, -0.05) is 25.6 Å². The number of hydrogen-bond acceptors (Lipinski definition) is 3. The summed E-state index contributed by atoms with van der Waals surface area (Å²) >= 11 is 0.894. The van der Waals surface area contributed by atoms with E-state index in [1.165, 1.54) is 6.92 Å². The normalized spacial score (nSPS) is 31.8. The Bertz CT molecular complexity index is 316. The summed E-state index contributed by atoms with van der Waals surface area (Å²) in [4.78, 5) is 14.2. The van der Waals surface area contributed by atoms with Crippen LogP contribution in [0.15, 0.2) is 4.99 Å². The number of carboxylic acids is 1. The van der Waals surface area contributed by atoms with Crippen molar-refractivity contribution in [1.82, 2.24) is 0 Å². The van der Waals surface area contributed by atoms with Gasteiger partial charge >= 0.3 is 12.1 Å². The second kappa shape index (κ2) is 4.65. The molecule has 0 aromatic carbocycles. The van der Waals surface area contributed by atoms with Crippen molar-refractivity contribution in [1.29, 1.82) is 0 Å². The summed E-state index contributed by atoms with van der Waals surface area (Å²) in [5.41, 5.74) is 0. The van der Waals surface area contributed by atoms with E-state index >= 15 is 0 Å². The minimum absolute atomic E-state index is 0.230. The molecular weight excluding hydrogens is 243 g/mol. The average molecular weight is 255 g/mol. The van der Waals surface area contributed by atoms with E-state index in [9.17, 15) is 18.0 Å². The highest BCUT2D eigenvalue weighted by atomic mass is 32.2. The Labute approximate surface area is 95.1 Å². The Hall–Kier alpha value is -0.720. The maximum atomic E-state index is 12.6. The van der Waals surface area contributed by atoms with Gasteiger partial charge in [0, 0.05) is 5.25 Å². The van der Waals surface area contributed by atoms with Crippen LogP contribution in [0.1, 0.15) is 13.8 Å². The van der Waals surface area contributed by atoms with Crippen LogP contribution in [0.3, 0.4) is 0 Å². The summed E-state index contributed by atoms with van der Waals surface area (Å²) in [6.07, 6.45) is -4.33. The molecule has 0 amide bonds. The molecule has 0 saturated heterocycles. The lowest BCUT2D eigenvalue weighted by Crippen LogP contribution is -2.34.